The molecule has 2 aromatic carbocycles. The number of benzene rings is 2. The molecule has 2 nitrogen and oxygen atoms in total. The molecule has 2 aromatic rings. The van der Waals surface area contributed by atoms with E-state index in [1.807, 2.05) is 0 Å². The molecule has 1 aliphatic heterocycles. The summed E-state index contributed by atoms with van der Waals surface area (Å²) < 4.78 is 0. The second-order valence-corrected chi connectivity index (χ2v) is 5.75. The SMILES string of the molecule is CCC1CNCCN1c1ccccc1Cc1ccccc1. The van der Waals surface area contributed by atoms with E-state index in [1.165, 1.54) is 23.2 Å². The lowest BCUT2D eigenvalue weighted by molar-refractivity contribution is 0.465. The molecule has 2 heteroatoms. The normalized spacial score (nSPS) is 18.7. The molecule has 0 aromatic heterocycles. The highest BCUT2D eigenvalue weighted by atomic mass is 15.2. The summed E-state index contributed by atoms with van der Waals surface area (Å²) in [7, 11) is 0. The van der Waals surface area contributed by atoms with Crippen molar-refractivity contribution in [3.05, 3.63) is 65.7 Å². The van der Waals surface area contributed by atoms with Crippen molar-refractivity contribution in [2.45, 2.75) is 25.8 Å². The van der Waals surface area contributed by atoms with Crippen LogP contribution in [0.2, 0.25) is 0 Å². The van der Waals surface area contributed by atoms with Gasteiger partial charge in [0, 0.05) is 31.4 Å². The molecule has 110 valence electrons. The Bertz CT molecular complexity index is 565. The maximum atomic E-state index is 3.51. The third-order valence-corrected chi connectivity index (χ3v) is 4.36. The fourth-order valence-corrected chi connectivity index (χ4v) is 3.20. The predicted molar refractivity (Wildman–Crippen MR) is 90.0 cm³/mol. The first-order valence-corrected chi connectivity index (χ1v) is 7.97. The van der Waals surface area contributed by atoms with Crippen LogP contribution in [-0.2, 0) is 6.42 Å². The largest absolute Gasteiger partial charge is 0.366 e. The van der Waals surface area contributed by atoms with Crippen LogP contribution < -0.4 is 10.2 Å². The summed E-state index contributed by atoms with van der Waals surface area (Å²) in [6, 6.07) is 20.2. The molecule has 0 aliphatic carbocycles. The van der Waals surface area contributed by atoms with Gasteiger partial charge in [-0.25, -0.2) is 0 Å². The van der Waals surface area contributed by atoms with E-state index in [0.717, 1.165) is 26.1 Å². The van der Waals surface area contributed by atoms with Gasteiger partial charge in [-0.15, -0.1) is 0 Å². The van der Waals surface area contributed by atoms with Crippen LogP contribution in [0, 0.1) is 0 Å². The standard InChI is InChI=1S/C19H24N2/c1-2-18-15-20-12-13-21(18)19-11-7-6-10-17(19)14-16-8-4-3-5-9-16/h3-11,18,20H,2,12-15H2,1H3. The zero-order chi connectivity index (χ0) is 14.5. The van der Waals surface area contributed by atoms with Gasteiger partial charge in [0.05, 0.1) is 0 Å². The number of piperazine rings is 1. The molecule has 0 bridgehead atoms. The summed E-state index contributed by atoms with van der Waals surface area (Å²) in [6.45, 7) is 5.56. The van der Waals surface area contributed by atoms with E-state index in [1.54, 1.807) is 0 Å². The zero-order valence-electron chi connectivity index (χ0n) is 12.8. The minimum atomic E-state index is 0.607. The van der Waals surface area contributed by atoms with E-state index >= 15 is 0 Å². The van der Waals surface area contributed by atoms with Crippen molar-refractivity contribution in [1.29, 1.82) is 0 Å². The van der Waals surface area contributed by atoms with Gasteiger partial charge in [0.25, 0.3) is 0 Å². The molecule has 0 spiro atoms. The fourth-order valence-electron chi connectivity index (χ4n) is 3.20. The van der Waals surface area contributed by atoms with Crippen molar-refractivity contribution in [3.63, 3.8) is 0 Å². The summed E-state index contributed by atoms with van der Waals surface area (Å²) in [5.74, 6) is 0. The number of nitrogens with zero attached hydrogens (tertiary/aromatic N) is 1. The highest BCUT2D eigenvalue weighted by Gasteiger charge is 2.22. The topological polar surface area (TPSA) is 15.3 Å². The molecule has 1 N–H and O–H groups in total. The molecule has 1 aliphatic rings. The highest BCUT2D eigenvalue weighted by Crippen LogP contribution is 2.26. The van der Waals surface area contributed by atoms with E-state index in [0.29, 0.717) is 6.04 Å². The molecule has 1 saturated heterocycles. The van der Waals surface area contributed by atoms with Gasteiger partial charge in [0.1, 0.15) is 0 Å². The molecular formula is C19H24N2. The lowest BCUT2D eigenvalue weighted by Gasteiger charge is -2.38. The van der Waals surface area contributed by atoms with Gasteiger partial charge in [-0.05, 0) is 30.0 Å². The van der Waals surface area contributed by atoms with E-state index in [-0.39, 0.29) is 0 Å². The molecule has 1 atom stereocenters. The molecule has 1 heterocycles. The maximum Gasteiger partial charge on any atom is 0.0412 e. The van der Waals surface area contributed by atoms with Crippen molar-refractivity contribution in [3.8, 4) is 0 Å². The van der Waals surface area contributed by atoms with Gasteiger partial charge in [0.2, 0.25) is 0 Å². The fraction of sp³-hybridized carbons (Fsp3) is 0.368. The highest BCUT2D eigenvalue weighted by molar-refractivity contribution is 5.56. The average Bonchev–Trinajstić information content (AvgIpc) is 2.56. The Balaban J connectivity index is 1.88. The number of hydrogen-bond acceptors (Lipinski definition) is 2. The monoisotopic (exact) mass is 280 g/mol. The average molecular weight is 280 g/mol. The van der Waals surface area contributed by atoms with Crippen LogP contribution in [-0.4, -0.2) is 25.7 Å². The Kier molecular flexibility index (Phi) is 4.56. The third-order valence-electron chi connectivity index (χ3n) is 4.36. The first-order chi connectivity index (χ1) is 10.4. The Hall–Kier alpha value is -1.80. The van der Waals surface area contributed by atoms with Crippen molar-refractivity contribution < 1.29 is 0 Å². The Morgan fingerprint density at radius 2 is 1.81 bits per heavy atom. The molecular weight excluding hydrogens is 256 g/mol. The molecule has 3 rings (SSSR count). The summed E-state index contributed by atoms with van der Waals surface area (Å²) in [6.07, 6.45) is 2.20. The number of rotatable bonds is 4. The van der Waals surface area contributed by atoms with Crippen molar-refractivity contribution in [2.24, 2.45) is 0 Å². The second-order valence-electron chi connectivity index (χ2n) is 5.75. The van der Waals surface area contributed by atoms with Crippen molar-refractivity contribution in [2.75, 3.05) is 24.5 Å². The molecule has 21 heavy (non-hydrogen) atoms. The predicted octanol–water partition coefficient (Wildman–Crippen LogP) is 3.47. The number of para-hydroxylation sites is 1. The van der Waals surface area contributed by atoms with E-state index in [9.17, 15) is 0 Å². The molecule has 0 radical (unpaired) electrons. The summed E-state index contributed by atoms with van der Waals surface area (Å²) in [4.78, 5) is 2.59. The Labute approximate surface area is 127 Å². The molecule has 1 unspecified atom stereocenters. The van der Waals surface area contributed by atoms with Crippen LogP contribution in [0.25, 0.3) is 0 Å². The minimum absolute atomic E-state index is 0.607. The van der Waals surface area contributed by atoms with E-state index in [4.69, 9.17) is 0 Å². The molecule has 1 fully saturated rings. The Morgan fingerprint density at radius 3 is 2.62 bits per heavy atom. The van der Waals surface area contributed by atoms with Gasteiger partial charge in [-0.1, -0.05) is 55.5 Å². The van der Waals surface area contributed by atoms with Gasteiger partial charge < -0.3 is 10.2 Å². The van der Waals surface area contributed by atoms with E-state index in [2.05, 4.69) is 71.7 Å². The summed E-state index contributed by atoms with van der Waals surface area (Å²) >= 11 is 0. The first-order valence-electron chi connectivity index (χ1n) is 7.97. The summed E-state index contributed by atoms with van der Waals surface area (Å²) in [5.41, 5.74) is 4.23. The molecule has 0 saturated carbocycles. The second kappa shape index (κ2) is 6.77. The van der Waals surface area contributed by atoms with Gasteiger partial charge in [-0.3, -0.25) is 0 Å². The number of anilines is 1. The first kappa shape index (κ1) is 14.2. The Morgan fingerprint density at radius 1 is 1.05 bits per heavy atom. The summed E-state index contributed by atoms with van der Waals surface area (Å²) in [5, 5.41) is 3.51. The zero-order valence-corrected chi connectivity index (χ0v) is 12.8. The smallest absolute Gasteiger partial charge is 0.0412 e. The lowest BCUT2D eigenvalue weighted by Crippen LogP contribution is -2.51. The maximum absolute atomic E-state index is 3.51. The molecule has 0 amide bonds. The van der Waals surface area contributed by atoms with E-state index < -0.39 is 0 Å². The van der Waals surface area contributed by atoms with Gasteiger partial charge in [0.15, 0.2) is 0 Å². The minimum Gasteiger partial charge on any atom is -0.366 e. The quantitative estimate of drug-likeness (QED) is 0.922. The van der Waals surface area contributed by atoms with Gasteiger partial charge >= 0.3 is 0 Å². The van der Waals surface area contributed by atoms with Crippen LogP contribution in [0.1, 0.15) is 24.5 Å². The van der Waals surface area contributed by atoms with Crippen molar-refractivity contribution >= 4 is 5.69 Å². The van der Waals surface area contributed by atoms with Crippen LogP contribution in [0.3, 0.4) is 0 Å². The van der Waals surface area contributed by atoms with Crippen LogP contribution in [0.4, 0.5) is 5.69 Å². The van der Waals surface area contributed by atoms with Crippen molar-refractivity contribution in [1.82, 2.24) is 5.32 Å². The number of hydrogen-bond donors (Lipinski definition) is 1. The van der Waals surface area contributed by atoms with Crippen LogP contribution in [0.5, 0.6) is 0 Å². The van der Waals surface area contributed by atoms with Crippen LogP contribution >= 0.6 is 0 Å². The lowest BCUT2D eigenvalue weighted by atomic mass is 10.0. The van der Waals surface area contributed by atoms with Crippen LogP contribution in [0.15, 0.2) is 54.6 Å². The third kappa shape index (κ3) is 3.27. The number of nitrogens with one attached hydrogen (secondary N) is 1. The van der Waals surface area contributed by atoms with Gasteiger partial charge in [-0.2, -0.15) is 0 Å².